The lowest BCUT2D eigenvalue weighted by Crippen LogP contribution is -2.14. The molecule has 4 heteroatoms. The van der Waals surface area contributed by atoms with Crippen LogP contribution in [0.5, 0.6) is 11.5 Å². The van der Waals surface area contributed by atoms with Crippen LogP contribution in [0.15, 0.2) is 12.1 Å². The van der Waals surface area contributed by atoms with Crippen molar-refractivity contribution in [3.63, 3.8) is 0 Å². The van der Waals surface area contributed by atoms with E-state index in [0.717, 1.165) is 29.3 Å². The summed E-state index contributed by atoms with van der Waals surface area (Å²) in [7, 11) is 1.66. The summed E-state index contributed by atoms with van der Waals surface area (Å²) in [5.41, 5.74) is 1.10. The van der Waals surface area contributed by atoms with Gasteiger partial charge in [0.15, 0.2) is 11.5 Å². The Kier molecular flexibility index (Phi) is 4.36. The van der Waals surface area contributed by atoms with Crippen molar-refractivity contribution in [2.45, 2.75) is 38.8 Å². The molecule has 1 atom stereocenters. The number of halogens is 1. The molecule has 0 amide bonds. The number of ether oxygens (including phenoxy) is 2. The van der Waals surface area contributed by atoms with Crippen LogP contribution in [-0.2, 0) is 0 Å². The van der Waals surface area contributed by atoms with Gasteiger partial charge in [-0.05, 0) is 44.9 Å². The molecule has 1 aliphatic rings. The number of methoxy groups -OCH3 is 1. The molecule has 1 aromatic carbocycles. The standard InChI is InChI=1S/C14H20ClNO2/c1-9(2)18-14-8-11(15)10(7-13(14)17-3)12-5-4-6-16-12/h7-9,12,16H,4-6H2,1-3H3. The van der Waals surface area contributed by atoms with Gasteiger partial charge >= 0.3 is 0 Å². The van der Waals surface area contributed by atoms with Gasteiger partial charge in [-0.15, -0.1) is 0 Å². The second-order valence-corrected chi connectivity index (χ2v) is 5.25. The molecule has 0 saturated carbocycles. The molecular formula is C14H20ClNO2. The highest BCUT2D eigenvalue weighted by molar-refractivity contribution is 6.31. The van der Waals surface area contributed by atoms with Gasteiger partial charge in [0.2, 0.25) is 0 Å². The van der Waals surface area contributed by atoms with Crippen LogP contribution < -0.4 is 14.8 Å². The van der Waals surface area contributed by atoms with Gasteiger partial charge in [-0.3, -0.25) is 0 Å². The highest BCUT2D eigenvalue weighted by atomic mass is 35.5. The lowest BCUT2D eigenvalue weighted by Gasteiger charge is -2.18. The van der Waals surface area contributed by atoms with E-state index >= 15 is 0 Å². The van der Waals surface area contributed by atoms with E-state index in [1.54, 1.807) is 7.11 Å². The first-order valence-corrected chi connectivity index (χ1v) is 6.77. The van der Waals surface area contributed by atoms with Crippen LogP contribution in [0, 0.1) is 0 Å². The molecule has 3 nitrogen and oxygen atoms in total. The van der Waals surface area contributed by atoms with E-state index in [9.17, 15) is 0 Å². The molecule has 0 aliphatic carbocycles. The van der Waals surface area contributed by atoms with E-state index in [-0.39, 0.29) is 6.10 Å². The zero-order valence-corrected chi connectivity index (χ0v) is 11.9. The number of rotatable bonds is 4. The molecule has 0 spiro atoms. The highest BCUT2D eigenvalue weighted by Crippen LogP contribution is 2.38. The quantitative estimate of drug-likeness (QED) is 0.907. The van der Waals surface area contributed by atoms with Crippen molar-refractivity contribution < 1.29 is 9.47 Å². The summed E-state index contributed by atoms with van der Waals surface area (Å²) in [6.45, 7) is 5.02. The summed E-state index contributed by atoms with van der Waals surface area (Å²) >= 11 is 6.35. The second kappa shape index (κ2) is 5.81. The Balaban J connectivity index is 2.32. The van der Waals surface area contributed by atoms with Crippen LogP contribution in [0.2, 0.25) is 5.02 Å². The van der Waals surface area contributed by atoms with Gasteiger partial charge in [-0.2, -0.15) is 0 Å². The summed E-state index contributed by atoms with van der Waals surface area (Å²) < 4.78 is 11.1. The molecule has 1 unspecified atom stereocenters. The van der Waals surface area contributed by atoms with E-state index in [0.29, 0.717) is 11.8 Å². The monoisotopic (exact) mass is 269 g/mol. The van der Waals surface area contributed by atoms with Crippen molar-refractivity contribution in [1.82, 2.24) is 5.32 Å². The van der Waals surface area contributed by atoms with Crippen LogP contribution >= 0.6 is 11.6 Å². The predicted molar refractivity (Wildman–Crippen MR) is 73.7 cm³/mol. The third-order valence-electron chi connectivity index (χ3n) is 3.08. The molecule has 2 rings (SSSR count). The Morgan fingerprint density at radius 3 is 2.67 bits per heavy atom. The normalized spacial score (nSPS) is 19.3. The van der Waals surface area contributed by atoms with Gasteiger partial charge in [0.05, 0.1) is 13.2 Å². The third-order valence-corrected chi connectivity index (χ3v) is 3.41. The molecule has 1 fully saturated rings. The van der Waals surface area contributed by atoms with E-state index in [1.165, 1.54) is 6.42 Å². The Morgan fingerprint density at radius 2 is 2.11 bits per heavy atom. The van der Waals surface area contributed by atoms with E-state index in [2.05, 4.69) is 5.32 Å². The van der Waals surface area contributed by atoms with Crippen molar-refractivity contribution in [1.29, 1.82) is 0 Å². The Bertz CT molecular complexity index is 415. The molecule has 1 saturated heterocycles. The zero-order valence-electron chi connectivity index (χ0n) is 11.1. The molecule has 1 aromatic rings. The summed E-state index contributed by atoms with van der Waals surface area (Å²) in [6.07, 6.45) is 2.41. The molecular weight excluding hydrogens is 250 g/mol. The van der Waals surface area contributed by atoms with Crippen molar-refractivity contribution in [3.05, 3.63) is 22.7 Å². The van der Waals surface area contributed by atoms with Crippen LogP contribution in [0.1, 0.15) is 38.3 Å². The first-order valence-electron chi connectivity index (χ1n) is 6.39. The van der Waals surface area contributed by atoms with Crippen LogP contribution in [-0.4, -0.2) is 19.8 Å². The van der Waals surface area contributed by atoms with Crippen LogP contribution in [0.25, 0.3) is 0 Å². The van der Waals surface area contributed by atoms with Gasteiger partial charge in [-0.1, -0.05) is 11.6 Å². The maximum absolute atomic E-state index is 6.35. The number of hydrogen-bond donors (Lipinski definition) is 1. The molecule has 0 radical (unpaired) electrons. The van der Waals surface area contributed by atoms with Crippen molar-refractivity contribution in [3.8, 4) is 11.5 Å². The fourth-order valence-electron chi connectivity index (χ4n) is 2.27. The number of hydrogen-bond acceptors (Lipinski definition) is 3. The lowest BCUT2D eigenvalue weighted by molar-refractivity contribution is 0.230. The first-order chi connectivity index (χ1) is 8.61. The van der Waals surface area contributed by atoms with Gasteiger partial charge in [0.1, 0.15) is 0 Å². The SMILES string of the molecule is COc1cc(C2CCCN2)c(Cl)cc1OC(C)C. The highest BCUT2D eigenvalue weighted by Gasteiger charge is 2.21. The van der Waals surface area contributed by atoms with Gasteiger partial charge in [-0.25, -0.2) is 0 Å². The van der Waals surface area contributed by atoms with Crippen molar-refractivity contribution in [2.75, 3.05) is 13.7 Å². The molecule has 0 bridgehead atoms. The fourth-order valence-corrected chi connectivity index (χ4v) is 2.56. The summed E-state index contributed by atoms with van der Waals surface area (Å²) in [5, 5.41) is 4.19. The summed E-state index contributed by atoms with van der Waals surface area (Å²) in [5.74, 6) is 1.45. The number of nitrogens with one attached hydrogen (secondary N) is 1. The minimum Gasteiger partial charge on any atom is -0.493 e. The van der Waals surface area contributed by atoms with E-state index in [1.807, 2.05) is 26.0 Å². The fraction of sp³-hybridized carbons (Fsp3) is 0.571. The molecule has 1 heterocycles. The molecule has 1 N–H and O–H groups in total. The summed E-state index contributed by atoms with van der Waals surface area (Å²) in [6, 6.07) is 4.18. The Hall–Kier alpha value is -0.930. The van der Waals surface area contributed by atoms with Crippen LogP contribution in [0.4, 0.5) is 0 Å². The van der Waals surface area contributed by atoms with Crippen molar-refractivity contribution in [2.24, 2.45) is 0 Å². The van der Waals surface area contributed by atoms with Gasteiger partial charge < -0.3 is 14.8 Å². The average Bonchev–Trinajstić information content (AvgIpc) is 2.82. The molecule has 100 valence electrons. The van der Waals surface area contributed by atoms with E-state index in [4.69, 9.17) is 21.1 Å². The van der Waals surface area contributed by atoms with Crippen molar-refractivity contribution >= 4 is 11.6 Å². The van der Waals surface area contributed by atoms with E-state index < -0.39 is 0 Å². The smallest absolute Gasteiger partial charge is 0.163 e. The molecule has 0 aromatic heterocycles. The maximum Gasteiger partial charge on any atom is 0.163 e. The predicted octanol–water partition coefficient (Wildman–Crippen LogP) is 3.56. The van der Waals surface area contributed by atoms with Gasteiger partial charge in [0, 0.05) is 17.1 Å². The summed E-state index contributed by atoms with van der Waals surface area (Å²) in [4.78, 5) is 0. The topological polar surface area (TPSA) is 30.5 Å². The van der Waals surface area contributed by atoms with Crippen LogP contribution in [0.3, 0.4) is 0 Å². The van der Waals surface area contributed by atoms with Gasteiger partial charge in [0.25, 0.3) is 0 Å². The molecule has 18 heavy (non-hydrogen) atoms. The first kappa shape index (κ1) is 13.5. The molecule has 1 aliphatic heterocycles. The minimum absolute atomic E-state index is 0.102. The number of benzene rings is 1. The maximum atomic E-state index is 6.35. The Labute approximate surface area is 113 Å². The lowest BCUT2D eigenvalue weighted by atomic mass is 10.0. The minimum atomic E-state index is 0.102. The third kappa shape index (κ3) is 2.90. The largest absolute Gasteiger partial charge is 0.493 e. The Morgan fingerprint density at radius 1 is 1.33 bits per heavy atom. The average molecular weight is 270 g/mol. The zero-order chi connectivity index (χ0) is 13.1. The second-order valence-electron chi connectivity index (χ2n) is 4.84.